The van der Waals surface area contributed by atoms with Crippen molar-refractivity contribution >= 4 is 55.8 Å². The van der Waals surface area contributed by atoms with Gasteiger partial charge < -0.3 is 50.1 Å². The summed E-state index contributed by atoms with van der Waals surface area (Å²) in [5, 5.41) is 62.3. The molecule has 0 bridgehead atoms. The van der Waals surface area contributed by atoms with Crippen molar-refractivity contribution in [1.82, 2.24) is 0 Å². The third kappa shape index (κ3) is 36.8. The third-order valence-corrected chi connectivity index (χ3v) is 2.96. The standard InChI is InChI=1S/C5H12O4.3C3H6O2S.Ru/c6-1-5(2-7,3-8)4-9;3*4-3(5)1-2-6;/h6-9H,1-4H2;3*6H,1-2H2,(H,4,5);/q;;;;+3/p-3. The summed E-state index contributed by atoms with van der Waals surface area (Å²) in [6.07, 6.45) is 0.134. The number of aliphatic carboxylic acids is 3. The molecule has 0 unspecified atom stereocenters. The van der Waals surface area contributed by atoms with Crippen molar-refractivity contribution in [3.8, 4) is 0 Å². The Hall–Kier alpha value is -0.0766. The van der Waals surface area contributed by atoms with E-state index in [2.05, 4.69) is 37.9 Å². The summed E-state index contributed by atoms with van der Waals surface area (Å²) < 4.78 is 0. The number of aliphatic hydroxyl groups is 4. The van der Waals surface area contributed by atoms with Gasteiger partial charge in [0.2, 0.25) is 0 Å². The van der Waals surface area contributed by atoms with Gasteiger partial charge in [-0.3, -0.25) is 0 Å². The molecule has 0 rings (SSSR count). The van der Waals surface area contributed by atoms with Gasteiger partial charge in [0.15, 0.2) is 0 Å². The average molecular weight is 553 g/mol. The molecule has 0 saturated carbocycles. The summed E-state index contributed by atoms with van der Waals surface area (Å²) in [4.78, 5) is 28.3. The number of carboxylic acid groups (broad SMARTS) is 3. The molecule has 1 radical (unpaired) electrons. The molecule has 28 heavy (non-hydrogen) atoms. The maximum Gasteiger partial charge on any atom is 3.00 e. The van der Waals surface area contributed by atoms with E-state index >= 15 is 0 Å². The first-order chi connectivity index (χ1) is 12.6. The molecule has 0 aliphatic rings. The van der Waals surface area contributed by atoms with Crippen molar-refractivity contribution in [2.75, 3.05) is 43.7 Å². The molecule has 4 N–H and O–H groups in total. The summed E-state index contributed by atoms with van der Waals surface area (Å²) in [6.45, 7) is -1.62. The van der Waals surface area contributed by atoms with Crippen molar-refractivity contribution in [3.63, 3.8) is 0 Å². The minimum absolute atomic E-state index is 0. The molecule has 0 aromatic rings. The second kappa shape index (κ2) is 29.1. The number of carbonyl (C=O) groups excluding carboxylic acids is 3. The number of carboxylic acids is 3. The van der Waals surface area contributed by atoms with Gasteiger partial charge in [0.25, 0.3) is 0 Å². The maximum atomic E-state index is 9.44. The monoisotopic (exact) mass is 553 g/mol. The molecule has 14 heteroatoms. The predicted molar refractivity (Wildman–Crippen MR) is 101 cm³/mol. The van der Waals surface area contributed by atoms with Gasteiger partial charge >= 0.3 is 19.5 Å². The van der Waals surface area contributed by atoms with Crippen LogP contribution in [0.25, 0.3) is 0 Å². The fraction of sp³-hybridized carbons (Fsp3) is 0.786. The Balaban J connectivity index is -0.0000000846. The van der Waals surface area contributed by atoms with Crippen LogP contribution < -0.4 is 15.3 Å². The van der Waals surface area contributed by atoms with Crippen LogP contribution in [0.3, 0.4) is 0 Å². The summed E-state index contributed by atoms with van der Waals surface area (Å²) >= 11 is 10.9. The molecule has 0 heterocycles. The number of aliphatic hydroxyl groups excluding tert-OH is 4. The minimum Gasteiger partial charge on any atom is -0.550 e. The minimum atomic E-state index is -1.11. The second-order valence-electron chi connectivity index (χ2n) is 4.67. The first-order valence-corrected chi connectivity index (χ1v) is 9.31. The molecular formula is C14H27O10RuS3. The molecule has 0 spiro atoms. The van der Waals surface area contributed by atoms with Gasteiger partial charge in [-0.25, -0.2) is 0 Å². The maximum absolute atomic E-state index is 9.44. The topological polar surface area (TPSA) is 201 Å². The van der Waals surface area contributed by atoms with E-state index in [0.29, 0.717) is 17.3 Å². The Morgan fingerprint density at radius 3 is 0.786 bits per heavy atom. The van der Waals surface area contributed by atoms with Gasteiger partial charge in [-0.1, -0.05) is 0 Å². The van der Waals surface area contributed by atoms with Crippen molar-refractivity contribution in [1.29, 1.82) is 0 Å². The van der Waals surface area contributed by atoms with Crippen LogP contribution in [-0.2, 0) is 33.9 Å². The Labute approximate surface area is 193 Å². The smallest absolute Gasteiger partial charge is 0.550 e. The molecule has 0 fully saturated rings. The molecule has 10 nitrogen and oxygen atoms in total. The zero-order chi connectivity index (χ0) is 22.3. The summed E-state index contributed by atoms with van der Waals surface area (Å²) in [5.41, 5.74) is -1.11. The van der Waals surface area contributed by atoms with Crippen LogP contribution in [-0.4, -0.2) is 82.0 Å². The zero-order valence-electron chi connectivity index (χ0n) is 15.0. The van der Waals surface area contributed by atoms with Crippen LogP contribution in [0.5, 0.6) is 0 Å². The molecule has 0 saturated heterocycles. The van der Waals surface area contributed by atoms with Crippen molar-refractivity contribution in [2.45, 2.75) is 19.3 Å². The number of carbonyl (C=O) groups is 3. The SMILES string of the molecule is O=C([O-])CCS.O=C([O-])CCS.O=C([O-])CCS.OCC(CO)(CO)CO.[Ru+3]. The normalized spacial score (nSPS) is 9.11. The third-order valence-electron chi connectivity index (χ3n) is 2.29. The molecule has 0 atom stereocenters. The fourth-order valence-electron chi connectivity index (χ4n) is 0.574. The van der Waals surface area contributed by atoms with Gasteiger partial charge in [-0.2, -0.15) is 37.9 Å². The molecule has 0 aliphatic carbocycles. The van der Waals surface area contributed by atoms with E-state index in [-0.39, 0.29) is 38.7 Å². The van der Waals surface area contributed by atoms with Gasteiger partial charge in [0.1, 0.15) is 0 Å². The van der Waals surface area contributed by atoms with Crippen molar-refractivity contribution in [2.24, 2.45) is 5.41 Å². The van der Waals surface area contributed by atoms with Crippen LogP contribution in [0.1, 0.15) is 19.3 Å². The van der Waals surface area contributed by atoms with E-state index in [1.165, 1.54) is 0 Å². The molecule has 0 amide bonds. The Kier molecular flexibility index (Phi) is 40.1. The summed E-state index contributed by atoms with van der Waals surface area (Å²) in [5.74, 6) is -2.02. The van der Waals surface area contributed by atoms with Crippen LogP contribution in [0.4, 0.5) is 0 Å². The van der Waals surface area contributed by atoms with E-state index < -0.39 is 49.8 Å². The van der Waals surface area contributed by atoms with E-state index in [1.54, 1.807) is 0 Å². The van der Waals surface area contributed by atoms with E-state index in [4.69, 9.17) is 20.4 Å². The van der Waals surface area contributed by atoms with Gasteiger partial charge in [0, 0.05) is 17.9 Å². The molecule has 0 aromatic heterocycles. The number of hydrogen-bond acceptors (Lipinski definition) is 13. The van der Waals surface area contributed by atoms with Crippen LogP contribution in [0.15, 0.2) is 0 Å². The average Bonchev–Trinajstić information content (AvgIpc) is 2.59. The first-order valence-electron chi connectivity index (χ1n) is 7.41. The quantitative estimate of drug-likeness (QED) is 0.102. The Bertz CT molecular complexity index is 316. The molecule has 0 aromatic carbocycles. The number of thiol groups is 3. The number of rotatable bonds is 10. The van der Waals surface area contributed by atoms with Crippen LogP contribution in [0.2, 0.25) is 0 Å². The number of hydrogen-bond donors (Lipinski definition) is 7. The Morgan fingerprint density at radius 1 is 0.607 bits per heavy atom. The predicted octanol–water partition coefficient (Wildman–Crippen LogP) is -4.89. The fourth-order valence-corrected chi connectivity index (χ4v) is 1.12. The summed E-state index contributed by atoms with van der Waals surface area (Å²) in [7, 11) is 0. The molecule has 169 valence electrons. The molecule has 0 aliphatic heterocycles. The summed E-state index contributed by atoms with van der Waals surface area (Å²) in [6, 6.07) is 0. The van der Waals surface area contributed by atoms with Gasteiger partial charge in [-0.05, 0) is 36.5 Å². The Morgan fingerprint density at radius 2 is 0.786 bits per heavy atom. The second-order valence-corrected chi connectivity index (χ2v) is 6.01. The first kappa shape index (κ1) is 38.5. The van der Waals surface area contributed by atoms with Crippen molar-refractivity contribution < 1.29 is 69.6 Å². The van der Waals surface area contributed by atoms with E-state index in [0.717, 1.165) is 0 Å². The zero-order valence-corrected chi connectivity index (χ0v) is 19.4. The molecular weight excluding hydrogens is 525 g/mol. The largest absolute Gasteiger partial charge is 3.00 e. The van der Waals surface area contributed by atoms with E-state index in [1.807, 2.05) is 0 Å². The van der Waals surface area contributed by atoms with Crippen LogP contribution in [0, 0.1) is 5.41 Å². The van der Waals surface area contributed by atoms with Crippen molar-refractivity contribution in [3.05, 3.63) is 0 Å². The van der Waals surface area contributed by atoms with Crippen LogP contribution >= 0.6 is 37.9 Å². The van der Waals surface area contributed by atoms with Gasteiger partial charge in [-0.15, -0.1) is 0 Å². The van der Waals surface area contributed by atoms with Gasteiger partial charge in [0.05, 0.1) is 31.8 Å². The van der Waals surface area contributed by atoms with E-state index in [9.17, 15) is 29.7 Å².